The number of aliphatic hydroxyl groups excluding tert-OH is 1. The molecular formula is C14H25N5O7S. The molecule has 154 valence electrons. The predicted molar refractivity (Wildman–Crippen MR) is 96.4 cm³/mol. The Bertz CT molecular complexity index is 586. The summed E-state index contributed by atoms with van der Waals surface area (Å²) in [6.07, 6.45) is -1.77. The van der Waals surface area contributed by atoms with E-state index in [1.54, 1.807) is 0 Å². The summed E-state index contributed by atoms with van der Waals surface area (Å²) in [7, 11) is 0. The summed E-state index contributed by atoms with van der Waals surface area (Å²) in [5.41, 5.74) is 10.4. The van der Waals surface area contributed by atoms with Gasteiger partial charge in [0.05, 0.1) is 18.6 Å². The Hall–Kier alpha value is -2.38. The van der Waals surface area contributed by atoms with Gasteiger partial charge in [-0.25, -0.2) is 4.79 Å². The average Bonchev–Trinajstić information content (AvgIpc) is 2.55. The Labute approximate surface area is 160 Å². The van der Waals surface area contributed by atoms with E-state index in [2.05, 4.69) is 28.6 Å². The third-order valence-corrected chi connectivity index (χ3v) is 3.74. The first-order chi connectivity index (χ1) is 12.4. The number of hydrogen-bond acceptors (Lipinski definition) is 8. The molecule has 0 aliphatic carbocycles. The zero-order valence-corrected chi connectivity index (χ0v) is 15.7. The first kappa shape index (κ1) is 24.6. The van der Waals surface area contributed by atoms with Crippen molar-refractivity contribution < 1.29 is 34.2 Å². The topological polar surface area (TPSA) is 214 Å². The lowest BCUT2D eigenvalue weighted by molar-refractivity contribution is -0.145. The first-order valence-electron chi connectivity index (χ1n) is 7.87. The molecule has 0 radical (unpaired) electrons. The lowest BCUT2D eigenvalue weighted by Gasteiger charge is -2.23. The maximum atomic E-state index is 12.1. The molecule has 0 aromatic rings. The molecule has 0 heterocycles. The van der Waals surface area contributed by atoms with Gasteiger partial charge in [-0.05, 0) is 13.8 Å². The van der Waals surface area contributed by atoms with Crippen molar-refractivity contribution in [3.8, 4) is 0 Å². The van der Waals surface area contributed by atoms with E-state index in [1.165, 1.54) is 13.8 Å². The molecule has 0 saturated heterocycles. The lowest BCUT2D eigenvalue weighted by Crippen LogP contribution is -2.58. The molecule has 27 heavy (non-hydrogen) atoms. The number of primary amides is 1. The second kappa shape index (κ2) is 11.4. The molecule has 9 N–H and O–H groups in total. The normalized spacial score (nSPS) is 16.2. The van der Waals surface area contributed by atoms with Crippen molar-refractivity contribution >= 4 is 42.2 Å². The number of hydrogen-bond donors (Lipinski definition) is 8. The third kappa shape index (κ3) is 8.70. The SMILES string of the molecule is CC(NC(=O)C(N)CC(N)=O)C(=O)NC(CS)C(=O)NC(C(=O)O)C(C)O. The third-order valence-electron chi connectivity index (χ3n) is 3.37. The smallest absolute Gasteiger partial charge is 0.328 e. The van der Waals surface area contributed by atoms with E-state index in [9.17, 15) is 29.1 Å². The Morgan fingerprint density at radius 3 is 1.96 bits per heavy atom. The molecule has 0 aliphatic rings. The van der Waals surface area contributed by atoms with Gasteiger partial charge in [0.15, 0.2) is 6.04 Å². The maximum Gasteiger partial charge on any atom is 0.328 e. The highest BCUT2D eigenvalue weighted by molar-refractivity contribution is 7.80. The van der Waals surface area contributed by atoms with Gasteiger partial charge in [-0.15, -0.1) is 0 Å². The summed E-state index contributed by atoms with van der Waals surface area (Å²) < 4.78 is 0. The van der Waals surface area contributed by atoms with E-state index >= 15 is 0 Å². The van der Waals surface area contributed by atoms with Gasteiger partial charge < -0.3 is 37.6 Å². The second-order valence-corrected chi connectivity index (χ2v) is 6.18. The van der Waals surface area contributed by atoms with Crippen LogP contribution in [0.2, 0.25) is 0 Å². The van der Waals surface area contributed by atoms with E-state index in [0.717, 1.165) is 0 Å². The number of thiol groups is 1. The first-order valence-corrected chi connectivity index (χ1v) is 8.50. The minimum absolute atomic E-state index is 0.175. The van der Waals surface area contributed by atoms with Crippen LogP contribution in [0.4, 0.5) is 0 Å². The molecule has 0 fully saturated rings. The van der Waals surface area contributed by atoms with E-state index in [4.69, 9.17) is 16.6 Å². The standard InChI is InChI=1S/C14H25N5O7S/c1-5(17-12(23)7(15)3-9(16)21)11(22)18-8(4-27)13(24)19-10(6(2)20)14(25)26/h5-8,10,20,27H,3-4,15H2,1-2H3,(H2,16,21)(H,17,23)(H,18,22)(H,19,24)(H,25,26). The van der Waals surface area contributed by atoms with Crippen molar-refractivity contribution in [1.29, 1.82) is 0 Å². The Morgan fingerprint density at radius 1 is 1.00 bits per heavy atom. The van der Waals surface area contributed by atoms with E-state index in [-0.39, 0.29) is 5.75 Å². The summed E-state index contributed by atoms with van der Waals surface area (Å²) >= 11 is 3.92. The van der Waals surface area contributed by atoms with Crippen molar-refractivity contribution in [2.75, 3.05) is 5.75 Å². The zero-order chi connectivity index (χ0) is 21.3. The Morgan fingerprint density at radius 2 is 1.56 bits per heavy atom. The van der Waals surface area contributed by atoms with Crippen LogP contribution < -0.4 is 27.4 Å². The fourth-order valence-corrected chi connectivity index (χ4v) is 2.09. The maximum absolute atomic E-state index is 12.1. The number of carboxylic acid groups (broad SMARTS) is 1. The van der Waals surface area contributed by atoms with E-state index in [1.807, 2.05) is 0 Å². The van der Waals surface area contributed by atoms with Gasteiger partial charge in [-0.3, -0.25) is 19.2 Å². The van der Waals surface area contributed by atoms with Crippen LogP contribution in [0, 0.1) is 0 Å². The van der Waals surface area contributed by atoms with E-state index in [0.29, 0.717) is 0 Å². The molecule has 0 spiro atoms. The monoisotopic (exact) mass is 407 g/mol. The van der Waals surface area contributed by atoms with Gasteiger partial charge >= 0.3 is 5.97 Å². The highest BCUT2D eigenvalue weighted by Gasteiger charge is 2.30. The molecule has 13 heteroatoms. The number of carboxylic acids is 1. The Balaban J connectivity index is 4.82. The number of aliphatic carboxylic acids is 1. The van der Waals surface area contributed by atoms with Gasteiger partial charge in [0.25, 0.3) is 0 Å². The summed E-state index contributed by atoms with van der Waals surface area (Å²) in [5.74, 6) is -4.85. The fourth-order valence-electron chi connectivity index (χ4n) is 1.83. The molecule has 0 saturated carbocycles. The van der Waals surface area contributed by atoms with Crippen molar-refractivity contribution in [2.45, 2.75) is 50.5 Å². The molecular weight excluding hydrogens is 382 g/mol. The highest BCUT2D eigenvalue weighted by atomic mass is 32.1. The van der Waals surface area contributed by atoms with Gasteiger partial charge in [-0.1, -0.05) is 0 Å². The lowest BCUT2D eigenvalue weighted by atomic mass is 10.1. The number of amides is 4. The quantitative estimate of drug-likeness (QED) is 0.158. The van der Waals surface area contributed by atoms with Crippen LogP contribution in [0.25, 0.3) is 0 Å². The van der Waals surface area contributed by atoms with Gasteiger partial charge in [0.1, 0.15) is 12.1 Å². The fraction of sp³-hybridized carbons (Fsp3) is 0.643. The van der Waals surface area contributed by atoms with Gasteiger partial charge in [-0.2, -0.15) is 12.6 Å². The van der Waals surface area contributed by atoms with Crippen LogP contribution in [0.5, 0.6) is 0 Å². The average molecular weight is 407 g/mol. The second-order valence-electron chi connectivity index (χ2n) is 5.82. The van der Waals surface area contributed by atoms with Crippen LogP contribution in [0.3, 0.4) is 0 Å². The number of rotatable bonds is 11. The summed E-state index contributed by atoms with van der Waals surface area (Å²) in [6, 6.07) is -5.14. The number of carbonyl (C=O) groups excluding carboxylic acids is 4. The number of carbonyl (C=O) groups is 5. The number of nitrogens with one attached hydrogen (secondary N) is 3. The van der Waals surface area contributed by atoms with Crippen molar-refractivity contribution in [2.24, 2.45) is 11.5 Å². The van der Waals surface area contributed by atoms with Crippen molar-refractivity contribution in [3.05, 3.63) is 0 Å². The molecule has 0 bridgehead atoms. The zero-order valence-electron chi connectivity index (χ0n) is 14.8. The van der Waals surface area contributed by atoms with Crippen molar-refractivity contribution in [3.63, 3.8) is 0 Å². The van der Waals surface area contributed by atoms with Crippen LogP contribution >= 0.6 is 12.6 Å². The molecule has 0 aromatic heterocycles. The van der Waals surface area contributed by atoms with Crippen LogP contribution in [0.1, 0.15) is 20.3 Å². The van der Waals surface area contributed by atoms with Crippen LogP contribution in [-0.4, -0.2) is 75.8 Å². The summed E-state index contributed by atoms with van der Waals surface area (Å²) in [5, 5.41) is 25.0. The minimum Gasteiger partial charge on any atom is -0.480 e. The van der Waals surface area contributed by atoms with Gasteiger partial charge in [0, 0.05) is 5.75 Å². The largest absolute Gasteiger partial charge is 0.480 e. The summed E-state index contributed by atoms with van der Waals surface area (Å²) in [4.78, 5) is 57.7. The molecule has 0 aliphatic heterocycles. The molecule has 12 nitrogen and oxygen atoms in total. The number of nitrogens with two attached hydrogens (primary N) is 2. The number of aliphatic hydroxyl groups is 1. The Kier molecular flexibility index (Phi) is 10.4. The highest BCUT2D eigenvalue weighted by Crippen LogP contribution is 1.98. The minimum atomic E-state index is -1.57. The van der Waals surface area contributed by atoms with Gasteiger partial charge in [0.2, 0.25) is 23.6 Å². The molecule has 5 atom stereocenters. The van der Waals surface area contributed by atoms with Crippen LogP contribution in [0.15, 0.2) is 0 Å². The predicted octanol–water partition coefficient (Wildman–Crippen LogP) is -3.94. The molecule has 0 rings (SSSR count). The summed E-state index contributed by atoms with van der Waals surface area (Å²) in [6.45, 7) is 2.49. The van der Waals surface area contributed by atoms with E-state index < -0.39 is 66.3 Å². The molecule has 0 aromatic carbocycles. The van der Waals surface area contributed by atoms with Crippen molar-refractivity contribution in [1.82, 2.24) is 16.0 Å². The molecule has 4 amide bonds. The van der Waals surface area contributed by atoms with Crippen LogP contribution in [-0.2, 0) is 24.0 Å². The molecule has 5 unspecified atom stereocenters.